The van der Waals surface area contributed by atoms with Crippen LogP contribution in [0.15, 0.2) is 29.2 Å². The van der Waals surface area contributed by atoms with Gasteiger partial charge in [-0.2, -0.15) is 4.31 Å². The van der Waals surface area contributed by atoms with E-state index < -0.39 is 41.0 Å². The van der Waals surface area contributed by atoms with Gasteiger partial charge in [0.1, 0.15) is 6.10 Å². The van der Waals surface area contributed by atoms with E-state index >= 15 is 0 Å². The third-order valence-corrected chi connectivity index (χ3v) is 5.85. The van der Waals surface area contributed by atoms with Crippen molar-refractivity contribution in [1.82, 2.24) is 4.31 Å². The van der Waals surface area contributed by atoms with Gasteiger partial charge in [-0.05, 0) is 25.5 Å². The number of aryl methyl sites for hydroxylation is 1. The first-order valence-electron chi connectivity index (χ1n) is 7.01. The van der Waals surface area contributed by atoms with Gasteiger partial charge in [0.05, 0.1) is 29.8 Å². The second-order valence-electron chi connectivity index (χ2n) is 5.59. The molecule has 7 nitrogen and oxygen atoms in total. The molecule has 1 fully saturated rings. The average molecular weight is 331 g/mol. The summed E-state index contributed by atoms with van der Waals surface area (Å²) in [5, 5.41) is 38.8. The van der Waals surface area contributed by atoms with E-state index in [4.69, 9.17) is 0 Å². The minimum atomic E-state index is -3.95. The smallest absolute Gasteiger partial charge is 0.243 e. The standard InChI is InChI=1S/C14H21NO6S/c1-9-2-4-11(5-3-9)22(20,21)15-7-13(18)14(19)12(17)6-10(15)8-16/h2-5,10,12-14,16-19H,6-8H2,1H3/t10-,12+,13+,14-/m0/s1. The Hall–Kier alpha value is -1.03. The lowest BCUT2D eigenvalue weighted by atomic mass is 10.0. The van der Waals surface area contributed by atoms with Gasteiger partial charge in [0.25, 0.3) is 0 Å². The summed E-state index contributed by atoms with van der Waals surface area (Å²) in [5.41, 5.74) is 0.902. The monoisotopic (exact) mass is 331 g/mol. The number of aliphatic hydroxyl groups is 4. The van der Waals surface area contributed by atoms with Crippen molar-refractivity contribution in [1.29, 1.82) is 0 Å². The Labute approximate surface area is 129 Å². The molecule has 0 amide bonds. The van der Waals surface area contributed by atoms with Crippen LogP contribution >= 0.6 is 0 Å². The van der Waals surface area contributed by atoms with Crippen molar-refractivity contribution in [2.24, 2.45) is 0 Å². The summed E-state index contributed by atoms with van der Waals surface area (Å²) in [6, 6.07) is 5.29. The van der Waals surface area contributed by atoms with Crippen LogP contribution in [0.3, 0.4) is 0 Å². The van der Waals surface area contributed by atoms with E-state index in [9.17, 15) is 28.8 Å². The minimum Gasteiger partial charge on any atom is -0.395 e. The number of hydrogen-bond acceptors (Lipinski definition) is 6. The number of sulfonamides is 1. The van der Waals surface area contributed by atoms with E-state index in [1.807, 2.05) is 6.92 Å². The fraction of sp³-hybridized carbons (Fsp3) is 0.571. The van der Waals surface area contributed by atoms with E-state index in [2.05, 4.69) is 0 Å². The molecule has 0 bridgehead atoms. The molecule has 1 aliphatic rings. The summed E-state index contributed by atoms with van der Waals surface area (Å²) in [4.78, 5) is 0.0367. The van der Waals surface area contributed by atoms with Crippen LogP contribution in [-0.2, 0) is 10.0 Å². The van der Waals surface area contributed by atoms with Crippen LogP contribution in [0.4, 0.5) is 0 Å². The van der Waals surface area contributed by atoms with Crippen molar-refractivity contribution >= 4 is 10.0 Å². The highest BCUT2D eigenvalue weighted by Gasteiger charge is 2.41. The molecule has 8 heteroatoms. The Morgan fingerprint density at radius 3 is 2.27 bits per heavy atom. The fourth-order valence-electron chi connectivity index (χ4n) is 2.54. The first-order valence-corrected chi connectivity index (χ1v) is 8.45. The number of benzene rings is 1. The van der Waals surface area contributed by atoms with Gasteiger partial charge >= 0.3 is 0 Å². The highest BCUT2D eigenvalue weighted by atomic mass is 32.2. The molecule has 1 aromatic carbocycles. The molecule has 1 heterocycles. The van der Waals surface area contributed by atoms with Gasteiger partial charge in [-0.3, -0.25) is 0 Å². The van der Waals surface area contributed by atoms with E-state index in [1.165, 1.54) is 12.1 Å². The number of nitrogens with zero attached hydrogens (tertiary/aromatic N) is 1. The first-order chi connectivity index (χ1) is 10.3. The van der Waals surface area contributed by atoms with Crippen LogP contribution in [0.5, 0.6) is 0 Å². The highest BCUT2D eigenvalue weighted by Crippen LogP contribution is 2.25. The minimum absolute atomic E-state index is 0.0367. The highest BCUT2D eigenvalue weighted by molar-refractivity contribution is 7.89. The van der Waals surface area contributed by atoms with Gasteiger partial charge in [-0.15, -0.1) is 0 Å². The maximum Gasteiger partial charge on any atom is 0.243 e. The summed E-state index contributed by atoms with van der Waals surface area (Å²) in [7, 11) is -3.95. The lowest BCUT2D eigenvalue weighted by molar-refractivity contribution is -0.0527. The van der Waals surface area contributed by atoms with Gasteiger partial charge in [0.2, 0.25) is 10.0 Å². The second-order valence-corrected chi connectivity index (χ2v) is 7.48. The third kappa shape index (κ3) is 3.32. The molecule has 0 spiro atoms. The summed E-state index contributed by atoms with van der Waals surface area (Å²) >= 11 is 0. The molecule has 0 aromatic heterocycles. The molecule has 0 radical (unpaired) electrons. The molecule has 4 N–H and O–H groups in total. The van der Waals surface area contributed by atoms with Crippen LogP contribution < -0.4 is 0 Å². The van der Waals surface area contributed by atoms with Gasteiger partial charge in [-0.25, -0.2) is 8.42 Å². The largest absolute Gasteiger partial charge is 0.395 e. The summed E-state index contributed by atoms with van der Waals surface area (Å²) in [6.07, 6.45) is -4.33. The molecular weight excluding hydrogens is 310 g/mol. The van der Waals surface area contributed by atoms with Crippen LogP contribution in [-0.4, -0.2) is 70.7 Å². The predicted octanol–water partition coefficient (Wildman–Crippen LogP) is -1.17. The van der Waals surface area contributed by atoms with Crippen molar-refractivity contribution in [3.05, 3.63) is 29.8 Å². The van der Waals surface area contributed by atoms with Crippen LogP contribution in [0.1, 0.15) is 12.0 Å². The molecule has 0 aliphatic carbocycles. The zero-order chi connectivity index (χ0) is 16.5. The molecule has 4 atom stereocenters. The quantitative estimate of drug-likeness (QED) is 0.554. The maximum atomic E-state index is 12.7. The molecule has 1 aromatic rings. The molecule has 0 saturated carbocycles. The van der Waals surface area contributed by atoms with Crippen molar-refractivity contribution in [2.75, 3.05) is 13.2 Å². The Balaban J connectivity index is 2.40. The predicted molar refractivity (Wildman–Crippen MR) is 78.6 cm³/mol. The van der Waals surface area contributed by atoms with Crippen LogP contribution in [0.2, 0.25) is 0 Å². The second kappa shape index (κ2) is 6.61. The summed E-state index contributed by atoms with van der Waals surface area (Å²) in [5.74, 6) is 0. The zero-order valence-corrected chi connectivity index (χ0v) is 13.0. The molecule has 1 aliphatic heterocycles. The van der Waals surface area contributed by atoms with Gasteiger partial charge in [-0.1, -0.05) is 17.7 Å². The van der Waals surface area contributed by atoms with Crippen LogP contribution in [0, 0.1) is 6.92 Å². The average Bonchev–Trinajstić information content (AvgIpc) is 2.59. The molecule has 22 heavy (non-hydrogen) atoms. The molecule has 1 saturated heterocycles. The van der Waals surface area contributed by atoms with Gasteiger partial charge in [0, 0.05) is 6.54 Å². The number of hydrogen-bond donors (Lipinski definition) is 4. The molecule has 0 unspecified atom stereocenters. The number of aliphatic hydroxyl groups excluding tert-OH is 4. The topological polar surface area (TPSA) is 118 Å². The normalized spacial score (nSPS) is 31.0. The Morgan fingerprint density at radius 2 is 1.73 bits per heavy atom. The van der Waals surface area contributed by atoms with Gasteiger partial charge in [0.15, 0.2) is 0 Å². The molecule has 2 rings (SSSR count). The van der Waals surface area contributed by atoms with Crippen molar-refractivity contribution in [2.45, 2.75) is 42.6 Å². The maximum absolute atomic E-state index is 12.7. The fourth-order valence-corrected chi connectivity index (χ4v) is 4.18. The van der Waals surface area contributed by atoms with Gasteiger partial charge < -0.3 is 20.4 Å². The van der Waals surface area contributed by atoms with Crippen molar-refractivity contribution in [3.63, 3.8) is 0 Å². The van der Waals surface area contributed by atoms with Crippen LogP contribution in [0.25, 0.3) is 0 Å². The Morgan fingerprint density at radius 1 is 1.14 bits per heavy atom. The lowest BCUT2D eigenvalue weighted by Gasteiger charge is -2.28. The van der Waals surface area contributed by atoms with E-state index in [-0.39, 0.29) is 17.9 Å². The lowest BCUT2D eigenvalue weighted by Crippen LogP contribution is -2.45. The number of rotatable bonds is 3. The van der Waals surface area contributed by atoms with E-state index in [1.54, 1.807) is 12.1 Å². The molecule has 124 valence electrons. The number of β-amino-alcohol motifs (C(OH)–C–C–N with tert-alkyl or cyclic N) is 1. The van der Waals surface area contributed by atoms with E-state index in [0.717, 1.165) is 9.87 Å². The molecular formula is C14H21NO6S. The summed E-state index contributed by atoms with van der Waals surface area (Å²) < 4.78 is 26.4. The third-order valence-electron chi connectivity index (χ3n) is 3.91. The zero-order valence-electron chi connectivity index (χ0n) is 12.2. The Bertz CT molecular complexity index is 602. The van der Waals surface area contributed by atoms with E-state index in [0.29, 0.717) is 0 Å². The first kappa shape index (κ1) is 17.3. The van der Waals surface area contributed by atoms with Crippen molar-refractivity contribution < 1.29 is 28.8 Å². The van der Waals surface area contributed by atoms with Crippen molar-refractivity contribution in [3.8, 4) is 0 Å². The Kier molecular flexibility index (Phi) is 5.21. The summed E-state index contributed by atoms with van der Waals surface area (Å²) in [6.45, 7) is 0.927. The SMILES string of the molecule is Cc1ccc(S(=O)(=O)N2C[C@@H](O)[C@@H](O)[C@H](O)C[C@H]2CO)cc1.